The minimum Gasteiger partial charge on any atom is -0.398 e. The summed E-state index contributed by atoms with van der Waals surface area (Å²) in [4.78, 5) is 2.65. The first-order valence-electron chi connectivity index (χ1n) is 6.84. The molecule has 1 aromatic rings. The van der Waals surface area contributed by atoms with Crippen molar-refractivity contribution in [3.63, 3.8) is 0 Å². The number of hydrogen-bond donors (Lipinski definition) is 1. The Balaban J connectivity index is 1.78. The molecule has 1 aliphatic heterocycles. The number of rotatable bonds is 1. The van der Waals surface area contributed by atoms with Gasteiger partial charge in [0.15, 0.2) is 0 Å². The standard InChI is InChI=1S/C15H22N2/c1-11-5-6-13(9-11)17-8-7-12-3-2-4-15(16)14(12)10-17/h2-4,11,13H,5-10,16H2,1H3. The monoisotopic (exact) mass is 230 g/mol. The van der Waals surface area contributed by atoms with Gasteiger partial charge in [-0.3, -0.25) is 4.90 Å². The number of fused-ring (bicyclic) bond motifs is 1. The van der Waals surface area contributed by atoms with Gasteiger partial charge in [0.25, 0.3) is 0 Å². The van der Waals surface area contributed by atoms with Crippen LogP contribution in [0.1, 0.15) is 37.3 Å². The summed E-state index contributed by atoms with van der Waals surface area (Å²) in [7, 11) is 0. The summed E-state index contributed by atoms with van der Waals surface area (Å²) >= 11 is 0. The SMILES string of the molecule is CC1CCC(N2CCc3cccc(N)c3C2)C1. The molecule has 2 heteroatoms. The lowest BCUT2D eigenvalue weighted by atomic mass is 9.96. The molecule has 1 saturated carbocycles. The molecule has 2 nitrogen and oxygen atoms in total. The van der Waals surface area contributed by atoms with E-state index in [1.807, 2.05) is 6.07 Å². The topological polar surface area (TPSA) is 29.3 Å². The number of hydrogen-bond acceptors (Lipinski definition) is 2. The van der Waals surface area contributed by atoms with Crippen molar-refractivity contribution < 1.29 is 0 Å². The van der Waals surface area contributed by atoms with Gasteiger partial charge in [-0.15, -0.1) is 0 Å². The van der Waals surface area contributed by atoms with E-state index < -0.39 is 0 Å². The predicted molar refractivity (Wildman–Crippen MR) is 71.8 cm³/mol. The van der Waals surface area contributed by atoms with E-state index in [9.17, 15) is 0 Å². The maximum absolute atomic E-state index is 6.10. The highest BCUT2D eigenvalue weighted by Crippen LogP contribution is 2.33. The zero-order valence-electron chi connectivity index (χ0n) is 10.7. The fraction of sp³-hybridized carbons (Fsp3) is 0.600. The smallest absolute Gasteiger partial charge is 0.0362 e. The van der Waals surface area contributed by atoms with E-state index in [0.717, 1.165) is 24.2 Å². The van der Waals surface area contributed by atoms with Crippen molar-refractivity contribution >= 4 is 5.69 Å². The number of nitrogen functional groups attached to an aromatic ring is 1. The van der Waals surface area contributed by atoms with Gasteiger partial charge in [-0.2, -0.15) is 0 Å². The Morgan fingerprint density at radius 2 is 2.18 bits per heavy atom. The largest absolute Gasteiger partial charge is 0.398 e. The lowest BCUT2D eigenvalue weighted by molar-refractivity contribution is 0.178. The van der Waals surface area contributed by atoms with Crippen LogP contribution in [-0.2, 0) is 13.0 Å². The Labute approximate surface area is 104 Å². The molecule has 1 fully saturated rings. The average Bonchev–Trinajstić information content (AvgIpc) is 2.76. The number of nitrogens with two attached hydrogens (primary N) is 1. The number of nitrogens with zero attached hydrogens (tertiary/aromatic N) is 1. The minimum absolute atomic E-state index is 0.803. The Bertz CT molecular complexity index is 413. The van der Waals surface area contributed by atoms with Gasteiger partial charge in [-0.25, -0.2) is 0 Å². The summed E-state index contributed by atoms with van der Waals surface area (Å²) in [5.41, 5.74) is 9.94. The van der Waals surface area contributed by atoms with Crippen LogP contribution in [0.15, 0.2) is 18.2 Å². The molecule has 1 aliphatic carbocycles. The summed E-state index contributed by atoms with van der Waals surface area (Å²) < 4.78 is 0. The Hall–Kier alpha value is -1.02. The third kappa shape index (κ3) is 2.06. The normalized spacial score (nSPS) is 29.2. The molecule has 0 bridgehead atoms. The van der Waals surface area contributed by atoms with Crippen LogP contribution in [0.2, 0.25) is 0 Å². The van der Waals surface area contributed by atoms with Crippen LogP contribution in [0.25, 0.3) is 0 Å². The first-order valence-corrected chi connectivity index (χ1v) is 6.84. The molecule has 2 atom stereocenters. The van der Waals surface area contributed by atoms with Crippen molar-refractivity contribution in [2.24, 2.45) is 5.92 Å². The van der Waals surface area contributed by atoms with E-state index in [-0.39, 0.29) is 0 Å². The van der Waals surface area contributed by atoms with Crippen LogP contribution in [0, 0.1) is 5.92 Å². The molecular weight excluding hydrogens is 208 g/mol. The third-order valence-corrected chi connectivity index (χ3v) is 4.52. The molecule has 1 aromatic carbocycles. The highest BCUT2D eigenvalue weighted by Gasteiger charge is 2.29. The van der Waals surface area contributed by atoms with Crippen molar-refractivity contribution in [1.82, 2.24) is 4.90 Å². The molecule has 2 N–H and O–H groups in total. The van der Waals surface area contributed by atoms with E-state index in [4.69, 9.17) is 5.73 Å². The van der Waals surface area contributed by atoms with Crippen molar-refractivity contribution in [3.05, 3.63) is 29.3 Å². The maximum atomic E-state index is 6.10. The Morgan fingerprint density at radius 3 is 2.94 bits per heavy atom. The summed E-state index contributed by atoms with van der Waals surface area (Å²) in [6, 6.07) is 7.17. The Kier molecular flexibility index (Phi) is 2.83. The highest BCUT2D eigenvalue weighted by molar-refractivity contribution is 5.51. The summed E-state index contributed by atoms with van der Waals surface area (Å²) in [5.74, 6) is 0.912. The van der Waals surface area contributed by atoms with Gasteiger partial charge in [0.05, 0.1) is 0 Å². The molecule has 1 heterocycles. The van der Waals surface area contributed by atoms with Crippen LogP contribution in [0.5, 0.6) is 0 Å². The van der Waals surface area contributed by atoms with Gasteiger partial charge in [0, 0.05) is 24.8 Å². The summed E-state index contributed by atoms with van der Waals surface area (Å²) in [6.07, 6.45) is 5.33. The lowest BCUT2D eigenvalue weighted by Crippen LogP contribution is -2.38. The first kappa shape index (κ1) is 11.1. The molecule has 2 aliphatic rings. The third-order valence-electron chi connectivity index (χ3n) is 4.52. The van der Waals surface area contributed by atoms with Crippen molar-refractivity contribution in [2.45, 2.75) is 45.2 Å². The molecule has 0 radical (unpaired) electrons. The quantitative estimate of drug-likeness (QED) is 0.752. The van der Waals surface area contributed by atoms with Gasteiger partial charge in [-0.1, -0.05) is 19.1 Å². The lowest BCUT2D eigenvalue weighted by Gasteiger charge is -2.34. The second kappa shape index (κ2) is 4.34. The van der Waals surface area contributed by atoms with Crippen LogP contribution in [0.3, 0.4) is 0 Å². The molecule has 2 unspecified atom stereocenters. The molecule has 3 rings (SSSR count). The van der Waals surface area contributed by atoms with Gasteiger partial charge >= 0.3 is 0 Å². The predicted octanol–water partition coefficient (Wildman–Crippen LogP) is 2.82. The van der Waals surface area contributed by atoms with E-state index >= 15 is 0 Å². The van der Waals surface area contributed by atoms with Crippen molar-refractivity contribution in [3.8, 4) is 0 Å². The minimum atomic E-state index is 0.803. The molecule has 0 aromatic heterocycles. The van der Waals surface area contributed by atoms with Crippen LogP contribution < -0.4 is 5.73 Å². The van der Waals surface area contributed by atoms with Gasteiger partial charge in [0.2, 0.25) is 0 Å². The molecule has 0 saturated heterocycles. The molecule has 0 amide bonds. The van der Waals surface area contributed by atoms with Crippen molar-refractivity contribution in [1.29, 1.82) is 0 Å². The fourth-order valence-corrected chi connectivity index (χ4v) is 3.45. The fourth-order valence-electron chi connectivity index (χ4n) is 3.45. The van der Waals surface area contributed by atoms with Gasteiger partial charge in [0.1, 0.15) is 0 Å². The van der Waals surface area contributed by atoms with Crippen LogP contribution in [0.4, 0.5) is 5.69 Å². The molecule has 0 spiro atoms. The zero-order chi connectivity index (χ0) is 11.8. The summed E-state index contributed by atoms with van der Waals surface area (Å²) in [6.45, 7) is 4.67. The molecule has 17 heavy (non-hydrogen) atoms. The molecular formula is C15H22N2. The molecule has 92 valence electrons. The van der Waals surface area contributed by atoms with E-state index in [1.54, 1.807) is 0 Å². The van der Waals surface area contributed by atoms with Gasteiger partial charge < -0.3 is 5.73 Å². The van der Waals surface area contributed by atoms with Crippen LogP contribution >= 0.6 is 0 Å². The second-order valence-corrected chi connectivity index (χ2v) is 5.78. The van der Waals surface area contributed by atoms with E-state index in [2.05, 4.69) is 24.0 Å². The maximum Gasteiger partial charge on any atom is 0.0362 e. The first-order chi connectivity index (χ1) is 8.24. The van der Waals surface area contributed by atoms with Crippen molar-refractivity contribution in [2.75, 3.05) is 12.3 Å². The zero-order valence-corrected chi connectivity index (χ0v) is 10.7. The average molecular weight is 230 g/mol. The van der Waals surface area contributed by atoms with Crippen LogP contribution in [-0.4, -0.2) is 17.5 Å². The number of anilines is 1. The number of benzene rings is 1. The van der Waals surface area contributed by atoms with Gasteiger partial charge in [-0.05, 0) is 48.8 Å². The van der Waals surface area contributed by atoms with E-state index in [1.165, 1.54) is 43.4 Å². The Morgan fingerprint density at radius 1 is 1.29 bits per heavy atom. The highest BCUT2D eigenvalue weighted by atomic mass is 15.2. The summed E-state index contributed by atoms with van der Waals surface area (Å²) in [5, 5.41) is 0. The second-order valence-electron chi connectivity index (χ2n) is 5.78. The van der Waals surface area contributed by atoms with E-state index in [0.29, 0.717) is 0 Å².